The smallest absolute Gasteiger partial charge is 0.125 e. The van der Waals surface area contributed by atoms with Gasteiger partial charge < -0.3 is 10.5 Å². The molecule has 0 aliphatic rings. The molecule has 1 rings (SSSR count). The average molecular weight is 240 g/mol. The Morgan fingerprint density at radius 1 is 1.35 bits per heavy atom. The quantitative estimate of drug-likeness (QED) is 0.587. The molecule has 3 nitrogen and oxygen atoms in total. The predicted molar refractivity (Wildman–Crippen MR) is 68.3 cm³/mol. The highest BCUT2D eigenvalue weighted by atomic mass is 19.1. The van der Waals surface area contributed by atoms with Crippen molar-refractivity contribution in [2.45, 2.75) is 20.4 Å². The number of nitrogens with zero attached hydrogens (tertiary/aromatic N) is 1. The van der Waals surface area contributed by atoms with Crippen molar-refractivity contribution in [3.05, 3.63) is 29.6 Å². The zero-order valence-electron chi connectivity index (χ0n) is 10.6. The molecule has 2 N–H and O–H groups in total. The largest absolute Gasteiger partial charge is 0.398 e. The second-order valence-electron chi connectivity index (χ2n) is 3.91. The molecule has 0 aromatic heterocycles. The summed E-state index contributed by atoms with van der Waals surface area (Å²) in [5.41, 5.74) is 7.26. The van der Waals surface area contributed by atoms with Gasteiger partial charge in [0.25, 0.3) is 0 Å². The lowest BCUT2D eigenvalue weighted by atomic mass is 10.1. The Kier molecular flexibility index (Phi) is 5.94. The van der Waals surface area contributed by atoms with E-state index in [9.17, 15) is 4.39 Å². The number of benzene rings is 1. The first-order chi connectivity index (χ1) is 8.17. The van der Waals surface area contributed by atoms with E-state index in [-0.39, 0.29) is 5.82 Å². The van der Waals surface area contributed by atoms with Crippen molar-refractivity contribution in [3.63, 3.8) is 0 Å². The van der Waals surface area contributed by atoms with Crippen LogP contribution in [-0.2, 0) is 11.3 Å². The van der Waals surface area contributed by atoms with Crippen LogP contribution in [0, 0.1) is 5.82 Å². The van der Waals surface area contributed by atoms with Crippen LogP contribution in [0.15, 0.2) is 18.2 Å². The van der Waals surface area contributed by atoms with E-state index in [0.29, 0.717) is 12.3 Å². The van der Waals surface area contributed by atoms with Crippen molar-refractivity contribution in [3.8, 4) is 0 Å². The average Bonchev–Trinajstić information content (AvgIpc) is 2.31. The summed E-state index contributed by atoms with van der Waals surface area (Å²) >= 11 is 0. The zero-order chi connectivity index (χ0) is 12.7. The zero-order valence-corrected chi connectivity index (χ0v) is 10.6. The van der Waals surface area contributed by atoms with Crippen molar-refractivity contribution < 1.29 is 9.13 Å². The standard InChI is InChI=1S/C13H21FN2O/c1-3-16(7-8-17-4-2)10-11-5-6-12(14)9-13(11)15/h5-6,9H,3-4,7-8,10,15H2,1-2H3. The molecule has 96 valence electrons. The van der Waals surface area contributed by atoms with Gasteiger partial charge in [-0.3, -0.25) is 4.90 Å². The topological polar surface area (TPSA) is 38.5 Å². The van der Waals surface area contributed by atoms with Gasteiger partial charge >= 0.3 is 0 Å². The molecule has 17 heavy (non-hydrogen) atoms. The molecular formula is C13H21FN2O. The van der Waals surface area contributed by atoms with Crippen molar-refractivity contribution in [1.29, 1.82) is 0 Å². The maximum absolute atomic E-state index is 12.9. The maximum Gasteiger partial charge on any atom is 0.125 e. The summed E-state index contributed by atoms with van der Waals surface area (Å²) in [6, 6.07) is 4.56. The van der Waals surface area contributed by atoms with Gasteiger partial charge in [0.1, 0.15) is 5.82 Å². The Balaban J connectivity index is 2.54. The Hall–Kier alpha value is -1.13. The molecule has 0 radical (unpaired) electrons. The summed E-state index contributed by atoms with van der Waals surface area (Å²) < 4.78 is 18.2. The first-order valence-electron chi connectivity index (χ1n) is 6.01. The lowest BCUT2D eigenvalue weighted by Crippen LogP contribution is -2.27. The number of rotatable bonds is 7. The molecule has 0 spiro atoms. The predicted octanol–water partition coefficient (Wildman–Crippen LogP) is 2.27. The van der Waals surface area contributed by atoms with Crippen LogP contribution in [0.1, 0.15) is 19.4 Å². The third kappa shape index (κ3) is 4.71. The van der Waals surface area contributed by atoms with E-state index in [1.54, 1.807) is 6.07 Å². The van der Waals surface area contributed by atoms with Crippen molar-refractivity contribution >= 4 is 5.69 Å². The van der Waals surface area contributed by atoms with Crippen molar-refractivity contribution in [1.82, 2.24) is 4.90 Å². The van der Waals surface area contributed by atoms with Crippen LogP contribution in [0.3, 0.4) is 0 Å². The number of nitrogens with two attached hydrogens (primary N) is 1. The molecule has 0 saturated carbocycles. The first-order valence-corrected chi connectivity index (χ1v) is 6.01. The van der Waals surface area contributed by atoms with E-state index in [4.69, 9.17) is 10.5 Å². The minimum Gasteiger partial charge on any atom is -0.398 e. The van der Waals surface area contributed by atoms with Gasteiger partial charge in [-0.1, -0.05) is 13.0 Å². The van der Waals surface area contributed by atoms with Gasteiger partial charge in [-0.15, -0.1) is 0 Å². The highest BCUT2D eigenvalue weighted by molar-refractivity contribution is 5.46. The number of hydrogen-bond donors (Lipinski definition) is 1. The van der Waals surface area contributed by atoms with Gasteiger partial charge in [0.05, 0.1) is 6.61 Å². The Bertz CT molecular complexity index is 344. The molecule has 0 amide bonds. The molecule has 0 fully saturated rings. The highest BCUT2D eigenvalue weighted by Gasteiger charge is 2.07. The third-order valence-corrected chi connectivity index (χ3v) is 2.71. The number of anilines is 1. The fourth-order valence-corrected chi connectivity index (χ4v) is 1.64. The van der Waals surface area contributed by atoms with Crippen LogP contribution < -0.4 is 5.73 Å². The van der Waals surface area contributed by atoms with Crippen LogP contribution in [-0.4, -0.2) is 31.2 Å². The van der Waals surface area contributed by atoms with Gasteiger partial charge in [-0.2, -0.15) is 0 Å². The highest BCUT2D eigenvalue weighted by Crippen LogP contribution is 2.15. The summed E-state index contributed by atoms with van der Waals surface area (Å²) in [6.45, 7) is 8.03. The van der Waals surface area contributed by atoms with E-state index in [2.05, 4.69) is 11.8 Å². The Morgan fingerprint density at radius 3 is 2.71 bits per heavy atom. The van der Waals surface area contributed by atoms with E-state index in [1.165, 1.54) is 12.1 Å². The van der Waals surface area contributed by atoms with Crippen molar-refractivity contribution in [2.75, 3.05) is 32.0 Å². The molecule has 4 heteroatoms. The van der Waals surface area contributed by atoms with Gasteiger partial charge in [0.15, 0.2) is 0 Å². The van der Waals surface area contributed by atoms with Crippen LogP contribution in [0.25, 0.3) is 0 Å². The number of nitrogen functional groups attached to an aromatic ring is 1. The van der Waals surface area contributed by atoms with E-state index in [1.807, 2.05) is 6.92 Å². The second kappa shape index (κ2) is 7.25. The van der Waals surface area contributed by atoms with Crippen LogP contribution in [0.2, 0.25) is 0 Å². The summed E-state index contributed by atoms with van der Waals surface area (Å²) in [4.78, 5) is 2.22. The maximum atomic E-state index is 12.9. The normalized spacial score (nSPS) is 11.1. The number of hydrogen-bond acceptors (Lipinski definition) is 3. The lowest BCUT2D eigenvalue weighted by Gasteiger charge is -2.21. The lowest BCUT2D eigenvalue weighted by molar-refractivity contribution is 0.113. The fraction of sp³-hybridized carbons (Fsp3) is 0.538. The molecular weight excluding hydrogens is 219 g/mol. The summed E-state index contributed by atoms with van der Waals surface area (Å²) in [5.74, 6) is -0.288. The molecule has 1 aromatic carbocycles. The minimum atomic E-state index is -0.288. The fourth-order valence-electron chi connectivity index (χ4n) is 1.64. The van der Waals surface area contributed by atoms with Gasteiger partial charge in [0, 0.05) is 25.4 Å². The molecule has 0 bridgehead atoms. The van der Waals surface area contributed by atoms with Crippen LogP contribution in [0.4, 0.5) is 10.1 Å². The number of ether oxygens (including phenoxy) is 1. The second-order valence-corrected chi connectivity index (χ2v) is 3.91. The van der Waals surface area contributed by atoms with Gasteiger partial charge in [-0.05, 0) is 31.2 Å². The Morgan fingerprint density at radius 2 is 2.12 bits per heavy atom. The van der Waals surface area contributed by atoms with E-state index < -0.39 is 0 Å². The number of halogens is 1. The summed E-state index contributed by atoms with van der Waals surface area (Å²) in [5, 5.41) is 0. The van der Waals surface area contributed by atoms with Crippen LogP contribution >= 0.6 is 0 Å². The van der Waals surface area contributed by atoms with Gasteiger partial charge in [-0.25, -0.2) is 4.39 Å². The van der Waals surface area contributed by atoms with Crippen LogP contribution in [0.5, 0.6) is 0 Å². The first kappa shape index (κ1) is 13.9. The summed E-state index contributed by atoms with van der Waals surface area (Å²) in [7, 11) is 0. The molecule has 0 unspecified atom stereocenters. The third-order valence-electron chi connectivity index (χ3n) is 2.71. The summed E-state index contributed by atoms with van der Waals surface area (Å²) in [6.07, 6.45) is 0. The minimum absolute atomic E-state index is 0.288. The molecule has 1 aromatic rings. The molecule has 0 atom stereocenters. The molecule has 0 aliphatic heterocycles. The van der Waals surface area contributed by atoms with Crippen molar-refractivity contribution in [2.24, 2.45) is 0 Å². The Labute approximate surface area is 102 Å². The monoisotopic (exact) mass is 240 g/mol. The molecule has 0 heterocycles. The molecule has 0 aliphatic carbocycles. The SMILES string of the molecule is CCOCCN(CC)Cc1ccc(F)cc1N. The van der Waals surface area contributed by atoms with E-state index >= 15 is 0 Å². The molecule has 0 saturated heterocycles. The number of likely N-dealkylation sites (N-methyl/N-ethyl adjacent to an activating group) is 1. The van der Waals surface area contributed by atoms with Gasteiger partial charge in [0.2, 0.25) is 0 Å². The van der Waals surface area contributed by atoms with E-state index in [0.717, 1.165) is 31.8 Å².